The van der Waals surface area contributed by atoms with Crippen molar-refractivity contribution in [2.24, 2.45) is 5.92 Å². The molecule has 0 saturated carbocycles. The van der Waals surface area contributed by atoms with Crippen LogP contribution in [0.3, 0.4) is 0 Å². The SMILES string of the molecule is CC1(C)CN(C(=O)CC2CCNCC2)CCO1. The van der Waals surface area contributed by atoms with Gasteiger partial charge in [0.05, 0.1) is 12.2 Å². The minimum atomic E-state index is -0.179. The van der Waals surface area contributed by atoms with Crippen LogP contribution in [0.5, 0.6) is 0 Å². The Kier molecular flexibility index (Phi) is 4.05. The van der Waals surface area contributed by atoms with Crippen LogP contribution in [0, 0.1) is 5.92 Å². The fraction of sp³-hybridized carbons (Fsp3) is 0.923. The molecule has 2 heterocycles. The van der Waals surface area contributed by atoms with Crippen molar-refractivity contribution < 1.29 is 9.53 Å². The third-order valence-corrected chi connectivity index (χ3v) is 3.70. The fourth-order valence-electron chi connectivity index (χ4n) is 2.69. The first-order valence-electron chi connectivity index (χ1n) is 6.69. The van der Waals surface area contributed by atoms with E-state index in [-0.39, 0.29) is 5.60 Å². The topological polar surface area (TPSA) is 41.6 Å². The van der Waals surface area contributed by atoms with E-state index in [2.05, 4.69) is 19.2 Å². The summed E-state index contributed by atoms with van der Waals surface area (Å²) in [4.78, 5) is 14.2. The molecule has 0 aromatic carbocycles. The van der Waals surface area contributed by atoms with E-state index >= 15 is 0 Å². The maximum absolute atomic E-state index is 12.2. The number of piperidine rings is 1. The number of carbonyl (C=O) groups is 1. The third-order valence-electron chi connectivity index (χ3n) is 3.70. The molecule has 0 unspecified atom stereocenters. The van der Waals surface area contributed by atoms with Gasteiger partial charge in [0.2, 0.25) is 5.91 Å². The maximum atomic E-state index is 12.2. The van der Waals surface area contributed by atoms with Gasteiger partial charge in [-0.2, -0.15) is 0 Å². The lowest BCUT2D eigenvalue weighted by Gasteiger charge is -2.38. The Labute approximate surface area is 104 Å². The average molecular weight is 240 g/mol. The molecule has 0 bridgehead atoms. The van der Waals surface area contributed by atoms with Crippen LogP contribution >= 0.6 is 0 Å². The first-order valence-corrected chi connectivity index (χ1v) is 6.69. The van der Waals surface area contributed by atoms with E-state index in [1.807, 2.05) is 4.90 Å². The Morgan fingerprint density at radius 2 is 2.12 bits per heavy atom. The predicted octanol–water partition coefficient (Wildman–Crippen LogP) is 1.01. The van der Waals surface area contributed by atoms with Crippen LogP contribution in [-0.4, -0.2) is 49.2 Å². The Hall–Kier alpha value is -0.610. The summed E-state index contributed by atoms with van der Waals surface area (Å²) in [6.07, 6.45) is 3.00. The van der Waals surface area contributed by atoms with Crippen molar-refractivity contribution >= 4 is 5.91 Å². The summed E-state index contributed by atoms with van der Waals surface area (Å²) in [6, 6.07) is 0. The molecular formula is C13H24N2O2. The molecule has 17 heavy (non-hydrogen) atoms. The highest BCUT2D eigenvalue weighted by Crippen LogP contribution is 2.21. The molecule has 0 aliphatic carbocycles. The van der Waals surface area contributed by atoms with Crippen molar-refractivity contribution in [3.05, 3.63) is 0 Å². The Morgan fingerprint density at radius 3 is 2.76 bits per heavy atom. The molecule has 2 aliphatic rings. The van der Waals surface area contributed by atoms with Gasteiger partial charge in [-0.05, 0) is 45.7 Å². The number of nitrogens with one attached hydrogen (secondary N) is 1. The predicted molar refractivity (Wildman–Crippen MR) is 66.8 cm³/mol. The fourth-order valence-corrected chi connectivity index (χ4v) is 2.69. The molecule has 0 spiro atoms. The van der Waals surface area contributed by atoms with Gasteiger partial charge < -0.3 is 15.0 Å². The van der Waals surface area contributed by atoms with E-state index in [1.54, 1.807) is 0 Å². The highest BCUT2D eigenvalue weighted by Gasteiger charge is 2.30. The molecule has 0 aromatic heterocycles. The highest BCUT2D eigenvalue weighted by molar-refractivity contribution is 5.76. The lowest BCUT2D eigenvalue weighted by atomic mass is 9.93. The number of nitrogens with zero attached hydrogens (tertiary/aromatic N) is 1. The minimum Gasteiger partial charge on any atom is -0.372 e. The number of carbonyl (C=O) groups excluding carboxylic acids is 1. The molecule has 98 valence electrons. The molecule has 2 saturated heterocycles. The van der Waals surface area contributed by atoms with Gasteiger partial charge in [0.1, 0.15) is 0 Å². The molecule has 0 radical (unpaired) electrons. The summed E-state index contributed by atoms with van der Waals surface area (Å²) in [6.45, 7) is 8.39. The molecule has 0 aromatic rings. The second-order valence-electron chi connectivity index (χ2n) is 5.82. The van der Waals surface area contributed by atoms with Crippen molar-refractivity contribution in [3.8, 4) is 0 Å². The van der Waals surface area contributed by atoms with Crippen molar-refractivity contribution in [1.29, 1.82) is 0 Å². The summed E-state index contributed by atoms with van der Waals surface area (Å²) in [5, 5.41) is 3.34. The monoisotopic (exact) mass is 240 g/mol. The first kappa shape index (κ1) is 12.8. The highest BCUT2D eigenvalue weighted by atomic mass is 16.5. The number of rotatable bonds is 2. The second-order valence-corrected chi connectivity index (χ2v) is 5.82. The van der Waals surface area contributed by atoms with E-state index in [1.165, 1.54) is 0 Å². The summed E-state index contributed by atoms with van der Waals surface area (Å²) >= 11 is 0. The lowest BCUT2D eigenvalue weighted by molar-refractivity contribution is -0.147. The summed E-state index contributed by atoms with van der Waals surface area (Å²) in [5.74, 6) is 0.892. The van der Waals surface area contributed by atoms with Crippen LogP contribution in [0.25, 0.3) is 0 Å². The number of ether oxygens (including phenoxy) is 1. The van der Waals surface area contributed by atoms with E-state index in [0.29, 0.717) is 18.4 Å². The Bertz CT molecular complexity index is 273. The van der Waals surface area contributed by atoms with Gasteiger partial charge in [0.15, 0.2) is 0 Å². The summed E-state index contributed by atoms with van der Waals surface area (Å²) in [7, 11) is 0. The zero-order valence-electron chi connectivity index (χ0n) is 11.0. The van der Waals surface area contributed by atoms with Gasteiger partial charge in [-0.1, -0.05) is 0 Å². The molecule has 4 nitrogen and oxygen atoms in total. The van der Waals surface area contributed by atoms with Crippen LogP contribution in [0.15, 0.2) is 0 Å². The largest absolute Gasteiger partial charge is 0.372 e. The molecule has 1 amide bonds. The van der Waals surface area contributed by atoms with Crippen molar-refractivity contribution in [2.45, 2.75) is 38.7 Å². The summed E-state index contributed by atoms with van der Waals surface area (Å²) in [5.41, 5.74) is -0.179. The van der Waals surface area contributed by atoms with Gasteiger partial charge in [-0.25, -0.2) is 0 Å². The van der Waals surface area contributed by atoms with E-state index in [9.17, 15) is 4.79 Å². The molecule has 2 rings (SSSR count). The molecule has 4 heteroatoms. The van der Waals surface area contributed by atoms with Crippen LogP contribution in [-0.2, 0) is 9.53 Å². The smallest absolute Gasteiger partial charge is 0.223 e. The maximum Gasteiger partial charge on any atom is 0.223 e. The van der Waals surface area contributed by atoms with Gasteiger partial charge in [0.25, 0.3) is 0 Å². The standard InChI is InChI=1S/C13H24N2O2/c1-13(2)10-15(7-8-17-13)12(16)9-11-3-5-14-6-4-11/h11,14H,3-10H2,1-2H3. The van der Waals surface area contributed by atoms with Gasteiger partial charge >= 0.3 is 0 Å². The molecular weight excluding hydrogens is 216 g/mol. The van der Waals surface area contributed by atoms with Gasteiger partial charge in [-0.3, -0.25) is 4.79 Å². The number of hydrogen-bond donors (Lipinski definition) is 1. The van der Waals surface area contributed by atoms with Gasteiger partial charge in [0, 0.05) is 19.5 Å². The van der Waals surface area contributed by atoms with Crippen LogP contribution < -0.4 is 5.32 Å². The number of morpholine rings is 1. The minimum absolute atomic E-state index is 0.179. The quantitative estimate of drug-likeness (QED) is 0.783. The van der Waals surface area contributed by atoms with Crippen LogP contribution in [0.1, 0.15) is 33.1 Å². The number of amides is 1. The Morgan fingerprint density at radius 1 is 1.41 bits per heavy atom. The zero-order chi connectivity index (χ0) is 12.3. The van der Waals surface area contributed by atoms with Crippen molar-refractivity contribution in [3.63, 3.8) is 0 Å². The molecule has 1 N–H and O–H groups in total. The Balaban J connectivity index is 1.82. The average Bonchev–Trinajstić information content (AvgIpc) is 2.29. The van der Waals surface area contributed by atoms with E-state index in [4.69, 9.17) is 4.74 Å². The summed E-state index contributed by atoms with van der Waals surface area (Å²) < 4.78 is 5.63. The van der Waals surface area contributed by atoms with Gasteiger partial charge in [-0.15, -0.1) is 0 Å². The zero-order valence-corrected chi connectivity index (χ0v) is 11.0. The third kappa shape index (κ3) is 3.68. The van der Waals surface area contributed by atoms with Crippen molar-refractivity contribution in [1.82, 2.24) is 10.2 Å². The number of hydrogen-bond acceptors (Lipinski definition) is 3. The lowest BCUT2D eigenvalue weighted by Crippen LogP contribution is -2.51. The van der Waals surface area contributed by atoms with Crippen LogP contribution in [0.4, 0.5) is 0 Å². The molecule has 2 fully saturated rings. The molecule has 2 aliphatic heterocycles. The molecule has 0 atom stereocenters. The van der Waals surface area contributed by atoms with Crippen molar-refractivity contribution in [2.75, 3.05) is 32.8 Å². The second kappa shape index (κ2) is 5.36. The van der Waals surface area contributed by atoms with E-state index < -0.39 is 0 Å². The van der Waals surface area contributed by atoms with Crippen LogP contribution in [0.2, 0.25) is 0 Å². The normalized spacial score (nSPS) is 25.9. The first-order chi connectivity index (χ1) is 8.07. The van der Waals surface area contributed by atoms with E-state index in [0.717, 1.165) is 45.4 Å².